The second-order valence-corrected chi connectivity index (χ2v) is 5.08. The van der Waals surface area contributed by atoms with Gasteiger partial charge in [-0.05, 0) is 37.1 Å². The van der Waals surface area contributed by atoms with Gasteiger partial charge in [-0.25, -0.2) is 10.2 Å². The van der Waals surface area contributed by atoms with Crippen molar-refractivity contribution >= 4 is 5.91 Å². The second-order valence-electron chi connectivity index (χ2n) is 5.08. The van der Waals surface area contributed by atoms with Gasteiger partial charge in [0.25, 0.3) is 5.91 Å². The number of halogens is 1. The van der Waals surface area contributed by atoms with E-state index in [0.29, 0.717) is 5.56 Å². The Hall–Kier alpha value is -2.08. The van der Waals surface area contributed by atoms with Crippen molar-refractivity contribution in [3.05, 3.63) is 47.0 Å². The summed E-state index contributed by atoms with van der Waals surface area (Å²) in [4.78, 5) is 12.3. The van der Waals surface area contributed by atoms with Gasteiger partial charge in [-0.1, -0.05) is 6.92 Å². The zero-order valence-corrected chi connectivity index (χ0v) is 12.3. The number of nitrogens with zero attached hydrogens (tertiary/aromatic N) is 1. The molecule has 4 N–H and O–H groups in total. The fourth-order valence-electron chi connectivity index (χ4n) is 2.55. The number of hydrogen-bond acceptors (Lipinski definition) is 4. The van der Waals surface area contributed by atoms with Crippen LogP contribution in [0.1, 0.15) is 30.1 Å². The number of hydrogen-bond donors (Lipinski definition) is 3. The number of likely N-dealkylation sites (N-methyl/N-ethyl adjacent to an activating group) is 1. The fourth-order valence-corrected chi connectivity index (χ4v) is 2.55. The molecule has 0 aliphatic carbocycles. The largest absolute Gasteiger partial charge is 0.387 e. The van der Waals surface area contributed by atoms with Crippen molar-refractivity contribution in [3.63, 3.8) is 0 Å². The number of benzene rings is 1. The normalized spacial score (nSPS) is 18.2. The van der Waals surface area contributed by atoms with Crippen LogP contribution in [0.4, 0.5) is 4.39 Å². The zero-order chi connectivity index (χ0) is 15.4. The summed E-state index contributed by atoms with van der Waals surface area (Å²) in [5, 5.41) is 7.82. The third-order valence-electron chi connectivity index (χ3n) is 3.56. The molecule has 114 valence electrons. The van der Waals surface area contributed by atoms with Gasteiger partial charge in [-0.2, -0.15) is 0 Å². The van der Waals surface area contributed by atoms with Gasteiger partial charge in [0.15, 0.2) is 0 Å². The van der Waals surface area contributed by atoms with Gasteiger partial charge in [0.2, 0.25) is 0 Å². The Balaban J connectivity index is 2.17. The monoisotopic (exact) mass is 292 g/mol. The molecule has 0 radical (unpaired) electrons. The highest BCUT2D eigenvalue weighted by Crippen LogP contribution is 2.19. The first-order chi connectivity index (χ1) is 10.0. The lowest BCUT2D eigenvalue weighted by atomic mass is 10.0. The van der Waals surface area contributed by atoms with E-state index in [1.807, 2.05) is 6.92 Å². The first-order valence-electron chi connectivity index (χ1n) is 7.04. The van der Waals surface area contributed by atoms with Crippen LogP contribution in [0.25, 0.3) is 0 Å². The number of nitrogens with one attached hydrogen (secondary N) is 2. The van der Waals surface area contributed by atoms with E-state index in [1.165, 1.54) is 24.3 Å². The minimum absolute atomic E-state index is 0.145. The number of hydrazine groups is 1. The van der Waals surface area contributed by atoms with E-state index in [4.69, 9.17) is 5.84 Å². The number of allylic oxidation sites excluding steroid dienone is 1. The van der Waals surface area contributed by atoms with E-state index in [2.05, 4.69) is 10.6 Å². The van der Waals surface area contributed by atoms with Crippen molar-refractivity contribution in [1.29, 1.82) is 0 Å². The van der Waals surface area contributed by atoms with Crippen molar-refractivity contribution in [2.75, 3.05) is 13.6 Å². The molecule has 0 saturated heterocycles. The van der Waals surface area contributed by atoms with Gasteiger partial charge in [-0.15, -0.1) is 0 Å². The Morgan fingerprint density at radius 3 is 2.71 bits per heavy atom. The van der Waals surface area contributed by atoms with Crippen LogP contribution in [-0.2, 0) is 0 Å². The molecule has 1 atom stereocenters. The molecule has 1 heterocycles. The SMILES string of the molecule is CCC1=C(N(C)N)C(NC(=O)c2ccc(F)cc2)CCN1. The molecule has 1 aliphatic heterocycles. The first-order valence-corrected chi connectivity index (χ1v) is 7.04. The minimum atomic E-state index is -0.357. The van der Waals surface area contributed by atoms with Crippen LogP contribution in [0.5, 0.6) is 0 Å². The summed E-state index contributed by atoms with van der Waals surface area (Å²) < 4.78 is 12.9. The third-order valence-corrected chi connectivity index (χ3v) is 3.56. The van der Waals surface area contributed by atoms with Gasteiger partial charge < -0.3 is 15.6 Å². The first kappa shape index (κ1) is 15.3. The van der Waals surface area contributed by atoms with Crippen LogP contribution in [0.15, 0.2) is 35.7 Å². The van der Waals surface area contributed by atoms with Crippen molar-refractivity contribution in [2.24, 2.45) is 5.84 Å². The third kappa shape index (κ3) is 3.52. The molecule has 1 aromatic rings. The molecule has 5 nitrogen and oxygen atoms in total. The van der Waals surface area contributed by atoms with E-state index in [0.717, 1.165) is 30.8 Å². The van der Waals surface area contributed by atoms with Crippen molar-refractivity contribution < 1.29 is 9.18 Å². The molecule has 1 aliphatic rings. The fraction of sp³-hybridized carbons (Fsp3) is 0.400. The highest BCUT2D eigenvalue weighted by atomic mass is 19.1. The van der Waals surface area contributed by atoms with Crippen molar-refractivity contribution in [1.82, 2.24) is 15.6 Å². The molecule has 6 heteroatoms. The number of amides is 1. The highest BCUT2D eigenvalue weighted by Gasteiger charge is 2.26. The summed E-state index contributed by atoms with van der Waals surface area (Å²) >= 11 is 0. The summed E-state index contributed by atoms with van der Waals surface area (Å²) in [6.07, 6.45) is 1.58. The molecule has 0 saturated carbocycles. The number of carbonyl (C=O) groups is 1. The van der Waals surface area contributed by atoms with E-state index < -0.39 is 0 Å². The molecule has 0 fully saturated rings. The molecule has 1 aromatic carbocycles. The van der Waals surface area contributed by atoms with Crippen LogP contribution >= 0.6 is 0 Å². The van der Waals surface area contributed by atoms with Crippen LogP contribution in [0, 0.1) is 5.82 Å². The maximum absolute atomic E-state index is 12.9. The van der Waals surface area contributed by atoms with Crippen molar-refractivity contribution in [3.8, 4) is 0 Å². The highest BCUT2D eigenvalue weighted by molar-refractivity contribution is 5.94. The van der Waals surface area contributed by atoms with Gasteiger partial charge in [0, 0.05) is 24.9 Å². The zero-order valence-electron chi connectivity index (χ0n) is 12.3. The van der Waals surface area contributed by atoms with Crippen molar-refractivity contribution in [2.45, 2.75) is 25.8 Å². The average Bonchev–Trinajstić information content (AvgIpc) is 2.47. The molecule has 0 spiro atoms. The molecule has 1 unspecified atom stereocenters. The molecular weight excluding hydrogens is 271 g/mol. The Bertz CT molecular complexity index is 539. The maximum atomic E-state index is 12.9. The summed E-state index contributed by atoms with van der Waals surface area (Å²) in [6, 6.07) is 5.36. The summed E-state index contributed by atoms with van der Waals surface area (Å²) in [5.74, 6) is 5.31. The Labute approximate surface area is 124 Å². The summed E-state index contributed by atoms with van der Waals surface area (Å²) in [5.41, 5.74) is 2.36. The maximum Gasteiger partial charge on any atom is 0.251 e. The predicted octanol–water partition coefficient (Wildman–Crippen LogP) is 1.34. The molecule has 0 aromatic heterocycles. The second kappa shape index (κ2) is 6.58. The number of nitrogens with two attached hydrogens (primary N) is 1. The van der Waals surface area contributed by atoms with E-state index in [9.17, 15) is 9.18 Å². The van der Waals surface area contributed by atoms with E-state index in [-0.39, 0.29) is 17.8 Å². The van der Waals surface area contributed by atoms with E-state index in [1.54, 1.807) is 12.1 Å². The smallest absolute Gasteiger partial charge is 0.251 e. The molecule has 2 rings (SSSR count). The standard InChI is InChI=1S/C15H21FN4O/c1-3-12-14(20(2)17)13(8-9-18-12)19-15(21)10-4-6-11(16)7-5-10/h4-7,13,18H,3,8-9,17H2,1-2H3,(H,19,21). The van der Waals surface area contributed by atoms with Gasteiger partial charge in [0.1, 0.15) is 5.82 Å². The summed E-state index contributed by atoms with van der Waals surface area (Å²) in [7, 11) is 1.76. The Kier molecular flexibility index (Phi) is 4.80. The topological polar surface area (TPSA) is 70.4 Å². The Morgan fingerprint density at radius 2 is 2.14 bits per heavy atom. The molecule has 1 amide bonds. The molecular formula is C15H21FN4O. The van der Waals surface area contributed by atoms with Crippen LogP contribution < -0.4 is 16.5 Å². The Morgan fingerprint density at radius 1 is 1.48 bits per heavy atom. The van der Waals surface area contributed by atoms with Crippen LogP contribution in [0.2, 0.25) is 0 Å². The van der Waals surface area contributed by atoms with Gasteiger partial charge in [0.05, 0.1) is 11.7 Å². The lowest BCUT2D eigenvalue weighted by molar-refractivity contribution is 0.0933. The molecule has 0 bridgehead atoms. The van der Waals surface area contributed by atoms with Crippen LogP contribution in [-0.4, -0.2) is 30.6 Å². The van der Waals surface area contributed by atoms with Gasteiger partial charge >= 0.3 is 0 Å². The number of carbonyl (C=O) groups excluding carboxylic acids is 1. The average molecular weight is 292 g/mol. The van der Waals surface area contributed by atoms with Gasteiger partial charge in [-0.3, -0.25) is 4.79 Å². The minimum Gasteiger partial charge on any atom is -0.387 e. The quantitative estimate of drug-likeness (QED) is 0.578. The lowest BCUT2D eigenvalue weighted by Crippen LogP contribution is -2.48. The predicted molar refractivity (Wildman–Crippen MR) is 79.5 cm³/mol. The summed E-state index contributed by atoms with van der Waals surface area (Å²) in [6.45, 7) is 2.82. The number of rotatable bonds is 4. The van der Waals surface area contributed by atoms with Crippen LogP contribution in [0.3, 0.4) is 0 Å². The molecule has 21 heavy (non-hydrogen) atoms. The van der Waals surface area contributed by atoms with E-state index >= 15 is 0 Å². The lowest BCUT2D eigenvalue weighted by Gasteiger charge is -2.33.